The quantitative estimate of drug-likeness (QED) is 0.820. The summed E-state index contributed by atoms with van der Waals surface area (Å²) in [5.74, 6) is -0.123. The molecule has 25 heavy (non-hydrogen) atoms. The van der Waals surface area contributed by atoms with Gasteiger partial charge < -0.3 is 5.32 Å². The molecule has 2 heterocycles. The highest BCUT2D eigenvalue weighted by Gasteiger charge is 2.27. The van der Waals surface area contributed by atoms with E-state index in [0.717, 1.165) is 38.4 Å². The van der Waals surface area contributed by atoms with Crippen molar-refractivity contribution in [1.82, 2.24) is 18.9 Å². The van der Waals surface area contributed by atoms with Crippen molar-refractivity contribution < 1.29 is 4.79 Å². The van der Waals surface area contributed by atoms with E-state index in [9.17, 15) is 19.2 Å². The molecule has 1 fully saturated rings. The van der Waals surface area contributed by atoms with Crippen molar-refractivity contribution in [2.24, 2.45) is 14.1 Å². The molecule has 1 saturated carbocycles. The Morgan fingerprint density at radius 2 is 1.84 bits per heavy atom. The van der Waals surface area contributed by atoms with Crippen LogP contribution in [0.3, 0.4) is 0 Å². The minimum Gasteiger partial charge on any atom is -0.310 e. The summed E-state index contributed by atoms with van der Waals surface area (Å²) in [7, 11) is 2.80. The molecule has 0 saturated heterocycles. The Balaban J connectivity index is 1.89. The second-order valence-corrected chi connectivity index (χ2v) is 6.25. The van der Waals surface area contributed by atoms with Gasteiger partial charge in [-0.25, -0.2) is 9.48 Å². The lowest BCUT2D eigenvalue weighted by Gasteiger charge is -2.16. The molecule has 0 radical (unpaired) electrons. The topological polar surface area (TPSA) is 108 Å². The Morgan fingerprint density at radius 3 is 2.48 bits per heavy atom. The number of nitrogens with zero attached hydrogens (tertiary/aromatic N) is 4. The van der Waals surface area contributed by atoms with Crippen molar-refractivity contribution in [2.75, 3.05) is 5.32 Å². The molecule has 3 rings (SSSR count). The van der Waals surface area contributed by atoms with Gasteiger partial charge in [-0.15, -0.1) is 0 Å². The molecule has 1 aliphatic rings. The van der Waals surface area contributed by atoms with Gasteiger partial charge in [0.05, 0.1) is 5.69 Å². The first-order chi connectivity index (χ1) is 11.8. The summed E-state index contributed by atoms with van der Waals surface area (Å²) in [6.45, 7) is 1.54. The number of carbonyl (C=O) groups is 1. The van der Waals surface area contributed by atoms with Gasteiger partial charge in [0.1, 0.15) is 11.9 Å². The van der Waals surface area contributed by atoms with Crippen LogP contribution in [0.15, 0.2) is 32.6 Å². The maximum absolute atomic E-state index is 12.5. The van der Waals surface area contributed by atoms with Crippen LogP contribution in [-0.2, 0) is 18.9 Å². The van der Waals surface area contributed by atoms with Crippen LogP contribution in [-0.4, -0.2) is 24.8 Å². The van der Waals surface area contributed by atoms with Gasteiger partial charge in [0.25, 0.3) is 11.1 Å². The number of hydrogen-bond acceptors (Lipinski definition) is 5. The zero-order valence-electron chi connectivity index (χ0n) is 14.2. The lowest BCUT2D eigenvalue weighted by molar-refractivity contribution is -0.119. The molecule has 1 amide bonds. The second-order valence-electron chi connectivity index (χ2n) is 6.25. The second kappa shape index (κ2) is 6.15. The van der Waals surface area contributed by atoms with Crippen molar-refractivity contribution in [1.29, 1.82) is 0 Å². The first-order valence-electron chi connectivity index (χ1n) is 7.97. The predicted molar refractivity (Wildman–Crippen MR) is 90.7 cm³/mol. The number of hydrogen-bond donors (Lipinski definition) is 1. The van der Waals surface area contributed by atoms with Gasteiger partial charge in [0, 0.05) is 32.1 Å². The molecule has 1 aliphatic carbocycles. The summed E-state index contributed by atoms with van der Waals surface area (Å²) in [6.07, 6.45) is 2.06. The molecule has 1 unspecified atom stereocenters. The third-order valence-electron chi connectivity index (χ3n) is 4.36. The largest absolute Gasteiger partial charge is 0.332 e. The van der Waals surface area contributed by atoms with Crippen molar-refractivity contribution in [3.63, 3.8) is 0 Å². The van der Waals surface area contributed by atoms with Crippen molar-refractivity contribution in [3.8, 4) is 0 Å². The minimum absolute atomic E-state index is 0.0661. The molecule has 2 aromatic rings. The zero-order valence-corrected chi connectivity index (χ0v) is 14.2. The third kappa shape index (κ3) is 3.17. The molecule has 0 spiro atoms. The minimum atomic E-state index is -0.884. The molecule has 9 heteroatoms. The molecule has 9 nitrogen and oxygen atoms in total. The third-order valence-corrected chi connectivity index (χ3v) is 4.36. The maximum atomic E-state index is 12.5. The van der Waals surface area contributed by atoms with Gasteiger partial charge in [-0.2, -0.15) is 5.10 Å². The highest BCUT2D eigenvalue weighted by atomic mass is 16.2. The fourth-order valence-corrected chi connectivity index (χ4v) is 2.51. The fraction of sp³-hybridized carbons (Fsp3) is 0.438. The van der Waals surface area contributed by atoms with Gasteiger partial charge in [-0.3, -0.25) is 23.5 Å². The van der Waals surface area contributed by atoms with E-state index in [1.807, 2.05) is 0 Å². The Kier molecular flexibility index (Phi) is 4.15. The average Bonchev–Trinajstić information content (AvgIpc) is 3.42. The van der Waals surface area contributed by atoms with Crippen LogP contribution in [0.2, 0.25) is 0 Å². The summed E-state index contributed by atoms with van der Waals surface area (Å²) < 4.78 is 3.22. The van der Waals surface area contributed by atoms with E-state index in [2.05, 4.69) is 10.4 Å². The summed E-state index contributed by atoms with van der Waals surface area (Å²) in [5.41, 5.74) is -0.677. The number of carbonyl (C=O) groups excluding carboxylic acids is 1. The maximum Gasteiger partial charge on any atom is 0.332 e. The number of amides is 1. The van der Waals surface area contributed by atoms with Crippen LogP contribution >= 0.6 is 0 Å². The Bertz CT molecular complexity index is 1010. The van der Waals surface area contributed by atoms with Gasteiger partial charge >= 0.3 is 5.69 Å². The van der Waals surface area contributed by atoms with Crippen molar-refractivity contribution in [3.05, 3.63) is 55.1 Å². The highest BCUT2D eigenvalue weighted by Crippen LogP contribution is 2.38. The normalized spacial score (nSPS) is 15.0. The number of anilines is 1. The van der Waals surface area contributed by atoms with Crippen LogP contribution in [0.25, 0.3) is 0 Å². The molecular formula is C16H19N5O4. The molecule has 0 aromatic carbocycles. The van der Waals surface area contributed by atoms with Gasteiger partial charge in [0.15, 0.2) is 0 Å². The van der Waals surface area contributed by atoms with E-state index in [1.54, 1.807) is 13.0 Å². The summed E-state index contributed by atoms with van der Waals surface area (Å²) in [4.78, 5) is 48.2. The van der Waals surface area contributed by atoms with Gasteiger partial charge in [-0.1, -0.05) is 0 Å². The molecular weight excluding hydrogens is 326 g/mol. The van der Waals surface area contributed by atoms with E-state index >= 15 is 0 Å². The Labute approximate surface area is 142 Å². The van der Waals surface area contributed by atoms with Gasteiger partial charge in [-0.05, 0) is 25.8 Å². The van der Waals surface area contributed by atoms with E-state index in [1.165, 1.54) is 20.2 Å². The van der Waals surface area contributed by atoms with Crippen molar-refractivity contribution in [2.45, 2.75) is 31.7 Å². The monoisotopic (exact) mass is 345 g/mol. The van der Waals surface area contributed by atoms with Crippen LogP contribution in [0.5, 0.6) is 0 Å². The SMILES string of the molecule is CC(C(=O)Nc1cc(=O)n(C)c(=O)n1C)n1nc(C2CC2)ccc1=O. The lowest BCUT2D eigenvalue weighted by Crippen LogP contribution is -2.39. The van der Waals surface area contributed by atoms with Crippen LogP contribution in [0.1, 0.15) is 37.4 Å². The highest BCUT2D eigenvalue weighted by molar-refractivity contribution is 5.92. The van der Waals surface area contributed by atoms with Crippen LogP contribution in [0, 0.1) is 0 Å². The first kappa shape index (κ1) is 16.9. The Morgan fingerprint density at radius 1 is 1.16 bits per heavy atom. The van der Waals surface area contributed by atoms with Crippen LogP contribution < -0.4 is 22.1 Å². The fourth-order valence-electron chi connectivity index (χ4n) is 2.51. The van der Waals surface area contributed by atoms with Crippen LogP contribution in [0.4, 0.5) is 5.82 Å². The van der Waals surface area contributed by atoms with E-state index in [4.69, 9.17) is 0 Å². The standard InChI is InChI=1S/C16H19N5O4/c1-9(21-13(22)7-6-11(18-21)10-4-5-10)15(24)17-12-8-14(23)20(3)16(25)19(12)2/h6-10H,4-5H2,1-3H3,(H,17,24). The predicted octanol–water partition coefficient (Wildman–Crippen LogP) is -0.282. The van der Waals surface area contributed by atoms with E-state index in [0.29, 0.717) is 5.92 Å². The average molecular weight is 345 g/mol. The Hall–Kier alpha value is -2.97. The smallest absolute Gasteiger partial charge is 0.310 e. The number of rotatable bonds is 4. The molecule has 132 valence electrons. The van der Waals surface area contributed by atoms with E-state index in [-0.39, 0.29) is 11.4 Å². The summed E-state index contributed by atoms with van der Waals surface area (Å²) >= 11 is 0. The van der Waals surface area contributed by atoms with E-state index < -0.39 is 23.2 Å². The molecule has 0 bridgehead atoms. The summed E-state index contributed by atoms with van der Waals surface area (Å²) in [5, 5.41) is 6.80. The van der Waals surface area contributed by atoms with Gasteiger partial charge in [0.2, 0.25) is 5.91 Å². The molecule has 0 aliphatic heterocycles. The first-order valence-corrected chi connectivity index (χ1v) is 7.97. The van der Waals surface area contributed by atoms with Crippen molar-refractivity contribution >= 4 is 11.7 Å². The molecule has 2 aromatic heterocycles. The molecule has 1 atom stereocenters. The molecule has 1 N–H and O–H groups in total. The zero-order chi connectivity index (χ0) is 18.3. The lowest BCUT2D eigenvalue weighted by atomic mass is 10.2. The number of nitrogens with one attached hydrogen (secondary N) is 1. The number of aromatic nitrogens is 4. The summed E-state index contributed by atoms with van der Waals surface area (Å²) in [6, 6.07) is 3.36.